The molecule has 0 saturated heterocycles. The topological polar surface area (TPSA) is 3.24 Å². The van der Waals surface area contributed by atoms with Crippen LogP contribution in [0.2, 0.25) is 0 Å². The van der Waals surface area contributed by atoms with E-state index in [0.717, 1.165) is 6.04 Å². The zero-order valence-corrected chi connectivity index (χ0v) is 6.75. The molecule has 1 rings (SSSR count). The normalized spacial score (nSPS) is 25.0. The van der Waals surface area contributed by atoms with Crippen molar-refractivity contribution in [2.45, 2.75) is 32.7 Å². The van der Waals surface area contributed by atoms with Crippen LogP contribution >= 0.6 is 0 Å². The molecule has 0 aliphatic carbocycles. The zero-order valence-electron chi connectivity index (χ0n) is 6.75. The zero-order chi connectivity index (χ0) is 7.40. The highest BCUT2D eigenvalue weighted by atomic mass is 15.1. The van der Waals surface area contributed by atoms with Gasteiger partial charge in [-0.2, -0.15) is 0 Å². The third-order valence-corrected chi connectivity index (χ3v) is 1.90. The van der Waals surface area contributed by atoms with Gasteiger partial charge in [0.2, 0.25) is 0 Å². The molecule has 0 amide bonds. The van der Waals surface area contributed by atoms with Gasteiger partial charge in [0.05, 0.1) is 0 Å². The molecule has 0 aromatic rings. The lowest BCUT2D eigenvalue weighted by Gasteiger charge is -2.19. The largest absolute Gasteiger partial charge is 0.352 e. The molecule has 10 heavy (non-hydrogen) atoms. The number of hydrogen-bond donors (Lipinski definition) is 0. The SMILES string of the molecule is CC=CN1C=CCC1CC. The third-order valence-electron chi connectivity index (χ3n) is 1.90. The van der Waals surface area contributed by atoms with Gasteiger partial charge in [0.25, 0.3) is 0 Å². The van der Waals surface area contributed by atoms with Gasteiger partial charge in [0, 0.05) is 6.04 Å². The Labute approximate surface area is 63.0 Å². The smallest absolute Gasteiger partial charge is 0.0362 e. The Kier molecular flexibility index (Phi) is 2.55. The summed E-state index contributed by atoms with van der Waals surface area (Å²) < 4.78 is 0. The Bertz CT molecular complexity index is 147. The van der Waals surface area contributed by atoms with E-state index in [9.17, 15) is 0 Å². The highest BCUT2D eigenvalue weighted by Crippen LogP contribution is 2.16. The summed E-state index contributed by atoms with van der Waals surface area (Å²) in [6.07, 6.45) is 11.1. The molecule has 0 bridgehead atoms. The van der Waals surface area contributed by atoms with E-state index < -0.39 is 0 Å². The lowest BCUT2D eigenvalue weighted by Crippen LogP contribution is -2.19. The summed E-state index contributed by atoms with van der Waals surface area (Å²) >= 11 is 0. The van der Waals surface area contributed by atoms with Gasteiger partial charge in [-0.15, -0.1) is 0 Å². The van der Waals surface area contributed by atoms with E-state index in [0.29, 0.717) is 0 Å². The van der Waals surface area contributed by atoms with Crippen LogP contribution in [0.1, 0.15) is 26.7 Å². The number of rotatable bonds is 2. The second-order valence-corrected chi connectivity index (χ2v) is 2.61. The van der Waals surface area contributed by atoms with Crippen LogP contribution in [-0.4, -0.2) is 10.9 Å². The average Bonchev–Trinajstić information content (AvgIpc) is 2.36. The fourth-order valence-electron chi connectivity index (χ4n) is 1.30. The van der Waals surface area contributed by atoms with E-state index in [1.54, 1.807) is 0 Å². The van der Waals surface area contributed by atoms with Gasteiger partial charge < -0.3 is 4.90 Å². The predicted octanol–water partition coefficient (Wildman–Crippen LogP) is 2.52. The van der Waals surface area contributed by atoms with Crippen LogP contribution in [0, 0.1) is 0 Å². The number of allylic oxidation sites excluding steroid dienone is 1. The maximum atomic E-state index is 2.28. The van der Waals surface area contributed by atoms with Crippen molar-refractivity contribution in [3.05, 3.63) is 24.6 Å². The Morgan fingerprint density at radius 3 is 3.10 bits per heavy atom. The highest BCUT2D eigenvalue weighted by molar-refractivity contribution is 5.02. The van der Waals surface area contributed by atoms with Crippen LogP contribution in [0.15, 0.2) is 24.6 Å². The van der Waals surface area contributed by atoms with Gasteiger partial charge in [0.1, 0.15) is 0 Å². The first-order chi connectivity index (χ1) is 4.88. The van der Waals surface area contributed by atoms with Crippen LogP contribution in [0.5, 0.6) is 0 Å². The monoisotopic (exact) mass is 137 g/mol. The molecule has 1 heterocycles. The van der Waals surface area contributed by atoms with Gasteiger partial charge in [-0.1, -0.05) is 19.1 Å². The van der Waals surface area contributed by atoms with E-state index in [1.165, 1.54) is 12.8 Å². The van der Waals surface area contributed by atoms with Gasteiger partial charge in [0.15, 0.2) is 0 Å². The van der Waals surface area contributed by atoms with E-state index in [-0.39, 0.29) is 0 Å². The maximum Gasteiger partial charge on any atom is 0.0362 e. The van der Waals surface area contributed by atoms with Gasteiger partial charge in [-0.3, -0.25) is 0 Å². The second-order valence-electron chi connectivity index (χ2n) is 2.61. The van der Waals surface area contributed by atoms with Crippen molar-refractivity contribution in [2.75, 3.05) is 0 Å². The number of nitrogens with zero attached hydrogens (tertiary/aromatic N) is 1. The van der Waals surface area contributed by atoms with Crippen LogP contribution < -0.4 is 0 Å². The molecule has 0 fully saturated rings. The average molecular weight is 137 g/mol. The van der Waals surface area contributed by atoms with Crippen LogP contribution in [0.4, 0.5) is 0 Å². The van der Waals surface area contributed by atoms with Crippen molar-refractivity contribution >= 4 is 0 Å². The molecule has 0 aromatic heterocycles. The molecule has 1 aliphatic heterocycles. The van der Waals surface area contributed by atoms with E-state index in [4.69, 9.17) is 0 Å². The lowest BCUT2D eigenvalue weighted by atomic mass is 10.2. The first-order valence-electron chi connectivity index (χ1n) is 3.95. The Morgan fingerprint density at radius 1 is 1.70 bits per heavy atom. The predicted molar refractivity (Wildman–Crippen MR) is 44.5 cm³/mol. The minimum atomic E-state index is 0.719. The van der Waals surface area contributed by atoms with Crippen molar-refractivity contribution < 1.29 is 0 Å². The summed E-state index contributed by atoms with van der Waals surface area (Å²) in [6, 6.07) is 0.719. The van der Waals surface area contributed by atoms with Crippen molar-refractivity contribution in [1.29, 1.82) is 0 Å². The Morgan fingerprint density at radius 2 is 2.50 bits per heavy atom. The van der Waals surface area contributed by atoms with Crippen LogP contribution in [-0.2, 0) is 0 Å². The molecule has 56 valence electrons. The molecule has 1 unspecified atom stereocenters. The fourth-order valence-corrected chi connectivity index (χ4v) is 1.30. The molecule has 0 radical (unpaired) electrons. The standard InChI is InChI=1S/C9H15N/c1-3-7-10-8-5-6-9(10)4-2/h3,5,7-9H,4,6H2,1-2H3. The van der Waals surface area contributed by atoms with Crippen molar-refractivity contribution in [2.24, 2.45) is 0 Å². The molecule has 0 saturated carbocycles. The molecule has 0 aromatic carbocycles. The molecule has 1 aliphatic rings. The van der Waals surface area contributed by atoms with Crippen LogP contribution in [0.25, 0.3) is 0 Å². The van der Waals surface area contributed by atoms with Gasteiger partial charge >= 0.3 is 0 Å². The first kappa shape index (κ1) is 7.39. The summed E-state index contributed by atoms with van der Waals surface area (Å²) in [4.78, 5) is 2.28. The maximum absolute atomic E-state index is 2.28. The minimum absolute atomic E-state index is 0.719. The van der Waals surface area contributed by atoms with Crippen molar-refractivity contribution in [1.82, 2.24) is 4.90 Å². The van der Waals surface area contributed by atoms with E-state index in [2.05, 4.69) is 43.3 Å². The summed E-state index contributed by atoms with van der Waals surface area (Å²) in [5.41, 5.74) is 0. The number of hydrogen-bond acceptors (Lipinski definition) is 1. The summed E-state index contributed by atoms with van der Waals surface area (Å²) in [5.74, 6) is 0. The quantitative estimate of drug-likeness (QED) is 0.565. The van der Waals surface area contributed by atoms with Crippen molar-refractivity contribution in [3.63, 3.8) is 0 Å². The van der Waals surface area contributed by atoms with E-state index in [1.807, 2.05) is 0 Å². The van der Waals surface area contributed by atoms with Crippen LogP contribution in [0.3, 0.4) is 0 Å². The highest BCUT2D eigenvalue weighted by Gasteiger charge is 2.13. The summed E-state index contributed by atoms with van der Waals surface area (Å²) in [5, 5.41) is 0. The molecule has 1 nitrogen and oxygen atoms in total. The first-order valence-corrected chi connectivity index (χ1v) is 3.95. The van der Waals surface area contributed by atoms with Gasteiger partial charge in [-0.05, 0) is 32.2 Å². The third kappa shape index (κ3) is 1.41. The summed E-state index contributed by atoms with van der Waals surface area (Å²) in [6.45, 7) is 4.28. The second kappa shape index (κ2) is 3.45. The molecular weight excluding hydrogens is 122 g/mol. The Balaban J connectivity index is 2.48. The molecule has 0 spiro atoms. The van der Waals surface area contributed by atoms with Gasteiger partial charge in [-0.25, -0.2) is 0 Å². The lowest BCUT2D eigenvalue weighted by molar-refractivity contribution is 0.384. The molecule has 0 N–H and O–H groups in total. The van der Waals surface area contributed by atoms with E-state index >= 15 is 0 Å². The minimum Gasteiger partial charge on any atom is -0.352 e. The Hall–Kier alpha value is -0.720. The molecular formula is C9H15N. The fraction of sp³-hybridized carbons (Fsp3) is 0.556. The van der Waals surface area contributed by atoms with Crippen molar-refractivity contribution in [3.8, 4) is 0 Å². The molecule has 1 atom stereocenters. The summed E-state index contributed by atoms with van der Waals surface area (Å²) in [7, 11) is 0. The molecule has 1 heteroatoms.